The molecular formula is C24H10F12O4. The number of esters is 2. The van der Waals surface area contributed by atoms with Gasteiger partial charge < -0.3 is 9.47 Å². The first kappa shape index (κ1) is 30.3. The molecule has 4 nitrogen and oxygen atoms in total. The summed E-state index contributed by atoms with van der Waals surface area (Å²) in [6, 6.07) is 3.40. The van der Waals surface area contributed by atoms with E-state index in [0.29, 0.717) is 6.07 Å². The maximum atomic E-state index is 13.0. The monoisotopic (exact) mass is 590 g/mol. The summed E-state index contributed by atoms with van der Waals surface area (Å²) in [4.78, 5) is 24.8. The predicted molar refractivity (Wildman–Crippen MR) is 109 cm³/mol. The summed E-state index contributed by atoms with van der Waals surface area (Å²) in [6.07, 6.45) is -21.0. The van der Waals surface area contributed by atoms with Crippen LogP contribution in [0.15, 0.2) is 60.7 Å². The fourth-order valence-electron chi connectivity index (χ4n) is 3.08. The minimum Gasteiger partial charge on any atom is -0.423 e. The minimum absolute atomic E-state index is 0.108. The highest BCUT2D eigenvalue weighted by Crippen LogP contribution is 2.39. The van der Waals surface area contributed by atoms with E-state index in [0.717, 1.165) is 18.2 Å². The molecule has 0 amide bonds. The van der Waals surface area contributed by atoms with Gasteiger partial charge in [0.05, 0.1) is 33.4 Å². The third-order valence-electron chi connectivity index (χ3n) is 4.88. The van der Waals surface area contributed by atoms with Crippen LogP contribution in [0.5, 0.6) is 11.5 Å². The van der Waals surface area contributed by atoms with Crippen LogP contribution in [0.4, 0.5) is 52.7 Å². The Balaban J connectivity index is 1.89. The summed E-state index contributed by atoms with van der Waals surface area (Å²) in [7, 11) is 0. The van der Waals surface area contributed by atoms with Crippen LogP contribution in [0, 0.1) is 0 Å². The van der Waals surface area contributed by atoms with Crippen molar-refractivity contribution in [1.29, 1.82) is 0 Å². The lowest BCUT2D eigenvalue weighted by Crippen LogP contribution is -2.15. The fraction of sp³-hybridized carbons (Fsp3) is 0.167. The van der Waals surface area contributed by atoms with E-state index in [1.54, 1.807) is 0 Å². The number of carbonyl (C=O) groups excluding carboxylic acids is 2. The van der Waals surface area contributed by atoms with Gasteiger partial charge in [0, 0.05) is 0 Å². The van der Waals surface area contributed by atoms with Crippen LogP contribution in [0.2, 0.25) is 0 Å². The molecule has 40 heavy (non-hydrogen) atoms. The molecule has 0 saturated heterocycles. The van der Waals surface area contributed by atoms with Crippen molar-refractivity contribution in [3.63, 3.8) is 0 Å². The molecular weight excluding hydrogens is 580 g/mol. The first-order chi connectivity index (χ1) is 18.1. The molecule has 0 saturated carbocycles. The largest absolute Gasteiger partial charge is 0.423 e. The second-order valence-corrected chi connectivity index (χ2v) is 7.84. The van der Waals surface area contributed by atoms with Crippen LogP contribution in [0.25, 0.3) is 0 Å². The summed E-state index contributed by atoms with van der Waals surface area (Å²) in [5.74, 6) is -5.44. The molecule has 0 spiro atoms. The average molecular weight is 590 g/mol. The zero-order valence-electron chi connectivity index (χ0n) is 18.9. The van der Waals surface area contributed by atoms with Crippen molar-refractivity contribution >= 4 is 11.9 Å². The van der Waals surface area contributed by atoms with Crippen molar-refractivity contribution in [1.82, 2.24) is 0 Å². The summed E-state index contributed by atoms with van der Waals surface area (Å²) < 4.78 is 165. The van der Waals surface area contributed by atoms with Crippen LogP contribution in [0.1, 0.15) is 43.0 Å². The van der Waals surface area contributed by atoms with Gasteiger partial charge in [-0.1, -0.05) is 6.07 Å². The van der Waals surface area contributed by atoms with Crippen molar-refractivity contribution in [3.05, 3.63) is 94.0 Å². The number of rotatable bonds is 4. The Bertz CT molecular complexity index is 1260. The topological polar surface area (TPSA) is 52.6 Å². The number of alkyl halides is 12. The van der Waals surface area contributed by atoms with E-state index in [9.17, 15) is 62.3 Å². The normalized spacial score (nSPS) is 12.7. The molecule has 0 heterocycles. The molecule has 0 atom stereocenters. The standard InChI is InChI=1S/C24H10F12O4/c25-21(26,27)13-5-14(22(28,29)30)8-17(7-13)39-19(37)11-2-1-3-12(4-11)20(38)40-18-9-15(23(31,32)33)6-16(10-18)24(34,35)36/h1-10H. The molecule has 16 heteroatoms. The quantitative estimate of drug-likeness (QED) is 0.175. The molecule has 0 N–H and O–H groups in total. The Morgan fingerprint density at radius 3 is 0.975 bits per heavy atom. The van der Waals surface area contributed by atoms with E-state index in [4.69, 9.17) is 0 Å². The van der Waals surface area contributed by atoms with Crippen molar-refractivity contribution in [2.24, 2.45) is 0 Å². The van der Waals surface area contributed by atoms with Crippen LogP contribution >= 0.6 is 0 Å². The molecule has 0 aliphatic carbocycles. The second kappa shape index (κ2) is 10.4. The molecule has 3 rings (SSSR count). The summed E-state index contributed by atoms with van der Waals surface area (Å²) in [5.41, 5.74) is -8.44. The van der Waals surface area contributed by atoms with Crippen molar-refractivity contribution in [2.75, 3.05) is 0 Å². The smallest absolute Gasteiger partial charge is 0.416 e. The first-order valence-corrected chi connectivity index (χ1v) is 10.3. The lowest BCUT2D eigenvalue weighted by Gasteiger charge is -2.15. The molecule has 3 aromatic carbocycles. The van der Waals surface area contributed by atoms with E-state index < -0.39 is 81.5 Å². The van der Waals surface area contributed by atoms with Crippen molar-refractivity contribution in [2.45, 2.75) is 24.7 Å². The molecule has 0 aliphatic heterocycles. The summed E-state index contributed by atoms with van der Waals surface area (Å²) in [6.45, 7) is 0. The molecule has 0 unspecified atom stereocenters. The van der Waals surface area contributed by atoms with Crippen LogP contribution in [-0.2, 0) is 24.7 Å². The molecule has 0 fully saturated rings. The van der Waals surface area contributed by atoms with E-state index in [1.165, 1.54) is 0 Å². The zero-order valence-corrected chi connectivity index (χ0v) is 18.9. The van der Waals surface area contributed by atoms with Gasteiger partial charge in [-0.3, -0.25) is 0 Å². The molecule has 0 radical (unpaired) electrons. The van der Waals surface area contributed by atoms with E-state index in [2.05, 4.69) is 9.47 Å². The van der Waals surface area contributed by atoms with Gasteiger partial charge in [0.1, 0.15) is 11.5 Å². The number of ether oxygens (including phenoxy) is 2. The fourth-order valence-corrected chi connectivity index (χ4v) is 3.08. The molecule has 0 aliphatic rings. The highest BCUT2D eigenvalue weighted by Gasteiger charge is 2.39. The molecule has 0 bridgehead atoms. The van der Waals surface area contributed by atoms with Gasteiger partial charge in [0.25, 0.3) is 0 Å². The number of halogens is 12. The summed E-state index contributed by atoms with van der Waals surface area (Å²) >= 11 is 0. The van der Waals surface area contributed by atoms with Gasteiger partial charge in [-0.15, -0.1) is 0 Å². The van der Waals surface area contributed by atoms with E-state index in [-0.39, 0.29) is 36.4 Å². The predicted octanol–water partition coefficient (Wildman–Crippen LogP) is 8.20. The van der Waals surface area contributed by atoms with E-state index in [1.807, 2.05) is 0 Å². The Hall–Kier alpha value is -4.24. The van der Waals surface area contributed by atoms with Crippen molar-refractivity contribution < 1.29 is 71.7 Å². The Morgan fingerprint density at radius 1 is 0.450 bits per heavy atom. The number of hydrogen-bond donors (Lipinski definition) is 0. The van der Waals surface area contributed by atoms with Gasteiger partial charge in [0.15, 0.2) is 0 Å². The van der Waals surface area contributed by atoms with E-state index >= 15 is 0 Å². The number of hydrogen-bond acceptors (Lipinski definition) is 4. The maximum Gasteiger partial charge on any atom is 0.416 e. The SMILES string of the molecule is O=C(Oc1cc(C(F)(F)F)cc(C(F)(F)F)c1)c1cccc(C(=O)Oc2cc(C(F)(F)F)cc(C(F)(F)F)c2)c1. The van der Waals surface area contributed by atoms with Crippen molar-refractivity contribution in [3.8, 4) is 11.5 Å². The number of carbonyl (C=O) groups is 2. The lowest BCUT2D eigenvalue weighted by atomic mass is 10.1. The number of benzene rings is 3. The highest BCUT2D eigenvalue weighted by molar-refractivity contribution is 5.96. The minimum atomic E-state index is -5.25. The summed E-state index contributed by atoms with van der Waals surface area (Å²) in [5, 5.41) is 0. The third kappa shape index (κ3) is 7.45. The highest BCUT2D eigenvalue weighted by atomic mass is 19.4. The first-order valence-electron chi connectivity index (χ1n) is 10.3. The van der Waals surface area contributed by atoms with Gasteiger partial charge in [-0.2, -0.15) is 52.7 Å². The Morgan fingerprint density at radius 2 is 0.725 bits per heavy atom. The zero-order chi connectivity index (χ0) is 30.3. The lowest BCUT2D eigenvalue weighted by molar-refractivity contribution is -0.144. The Labute approximate surface area is 214 Å². The van der Waals surface area contributed by atoms with Crippen LogP contribution < -0.4 is 9.47 Å². The van der Waals surface area contributed by atoms with Gasteiger partial charge in [0.2, 0.25) is 0 Å². The van der Waals surface area contributed by atoms with Gasteiger partial charge in [-0.05, 0) is 54.6 Å². The maximum absolute atomic E-state index is 13.0. The van der Waals surface area contributed by atoms with Crippen LogP contribution in [0.3, 0.4) is 0 Å². The van der Waals surface area contributed by atoms with Gasteiger partial charge >= 0.3 is 36.6 Å². The average Bonchev–Trinajstić information content (AvgIpc) is 2.81. The third-order valence-corrected chi connectivity index (χ3v) is 4.88. The van der Waals surface area contributed by atoms with Gasteiger partial charge in [-0.25, -0.2) is 9.59 Å². The van der Waals surface area contributed by atoms with Crippen LogP contribution in [-0.4, -0.2) is 11.9 Å². The second-order valence-electron chi connectivity index (χ2n) is 7.84. The Kier molecular flexibility index (Phi) is 7.87. The molecule has 214 valence electrons. The molecule has 3 aromatic rings. The molecule has 0 aromatic heterocycles.